The van der Waals surface area contributed by atoms with Crippen LogP contribution in [0, 0.1) is 11.7 Å². The van der Waals surface area contributed by atoms with Crippen molar-refractivity contribution in [1.29, 1.82) is 0 Å². The van der Waals surface area contributed by atoms with Crippen LogP contribution in [-0.4, -0.2) is 54.5 Å². The summed E-state index contributed by atoms with van der Waals surface area (Å²) in [5, 5.41) is 7.12. The van der Waals surface area contributed by atoms with Gasteiger partial charge in [0.1, 0.15) is 5.82 Å². The molecule has 2 fully saturated rings. The molecule has 2 aliphatic heterocycles. The lowest BCUT2D eigenvalue weighted by molar-refractivity contribution is -0.129. The van der Waals surface area contributed by atoms with Crippen molar-refractivity contribution in [3.63, 3.8) is 0 Å². The zero-order valence-electron chi connectivity index (χ0n) is 20.6. The number of hydrogen-bond acceptors (Lipinski definition) is 4. The number of piperidine rings is 1. The molecular weight excluding hydrogens is 467 g/mol. The summed E-state index contributed by atoms with van der Waals surface area (Å²) in [6, 6.07) is 13.6. The van der Waals surface area contributed by atoms with E-state index in [4.69, 9.17) is 11.6 Å². The van der Waals surface area contributed by atoms with Gasteiger partial charge in [-0.1, -0.05) is 42.8 Å². The molecule has 2 heterocycles. The Morgan fingerprint density at radius 1 is 1.20 bits per heavy atom. The molecule has 0 radical (unpaired) electrons. The van der Waals surface area contributed by atoms with Crippen LogP contribution in [0.3, 0.4) is 0 Å². The quantitative estimate of drug-likeness (QED) is 0.625. The van der Waals surface area contributed by atoms with Crippen LogP contribution < -0.4 is 15.5 Å². The number of piperazine rings is 1. The Kier molecular flexibility index (Phi) is 7.79. The Morgan fingerprint density at radius 3 is 2.60 bits per heavy atom. The first-order chi connectivity index (χ1) is 16.7. The summed E-state index contributed by atoms with van der Waals surface area (Å²) in [5.74, 6) is -0.514. The van der Waals surface area contributed by atoms with E-state index in [0.29, 0.717) is 31.0 Å². The number of anilines is 1. The van der Waals surface area contributed by atoms with Crippen molar-refractivity contribution < 1.29 is 14.0 Å². The van der Waals surface area contributed by atoms with Gasteiger partial charge in [-0.3, -0.25) is 14.5 Å². The number of rotatable bonds is 6. The molecule has 2 N–H and O–H groups in total. The normalized spacial score (nSPS) is 23.7. The van der Waals surface area contributed by atoms with Crippen LogP contribution in [0.5, 0.6) is 0 Å². The molecule has 1 unspecified atom stereocenters. The van der Waals surface area contributed by atoms with E-state index >= 15 is 0 Å². The number of nitrogens with zero attached hydrogens (tertiary/aromatic N) is 2. The number of halogens is 2. The fourth-order valence-electron chi connectivity index (χ4n) is 5.29. The zero-order chi connectivity index (χ0) is 25.2. The van der Waals surface area contributed by atoms with Crippen molar-refractivity contribution in [3.05, 3.63) is 64.9 Å². The molecular formula is C27H34ClFN4O2. The van der Waals surface area contributed by atoms with E-state index in [2.05, 4.69) is 29.4 Å². The van der Waals surface area contributed by atoms with Gasteiger partial charge in [-0.25, -0.2) is 4.39 Å². The molecule has 35 heavy (non-hydrogen) atoms. The van der Waals surface area contributed by atoms with Gasteiger partial charge in [0.15, 0.2) is 0 Å². The number of nitrogens with one attached hydrogen (secondary N) is 2. The first-order valence-electron chi connectivity index (χ1n) is 12.3. The Labute approximate surface area is 211 Å². The topological polar surface area (TPSA) is 64.7 Å². The Bertz CT molecular complexity index is 1060. The maximum atomic E-state index is 13.3. The van der Waals surface area contributed by atoms with E-state index < -0.39 is 0 Å². The molecule has 0 bridgehead atoms. The van der Waals surface area contributed by atoms with Crippen LogP contribution in [-0.2, 0) is 9.59 Å². The molecule has 6 nitrogen and oxygen atoms in total. The van der Waals surface area contributed by atoms with E-state index in [-0.39, 0.29) is 47.7 Å². The molecule has 2 aromatic rings. The van der Waals surface area contributed by atoms with E-state index in [1.165, 1.54) is 12.1 Å². The Morgan fingerprint density at radius 2 is 1.91 bits per heavy atom. The van der Waals surface area contributed by atoms with Gasteiger partial charge in [0.25, 0.3) is 0 Å². The molecule has 0 saturated carbocycles. The highest BCUT2D eigenvalue weighted by Gasteiger charge is 2.44. The number of benzene rings is 2. The van der Waals surface area contributed by atoms with Crippen LogP contribution in [0.15, 0.2) is 48.5 Å². The third kappa shape index (κ3) is 5.68. The summed E-state index contributed by atoms with van der Waals surface area (Å²) >= 11 is 6.38. The monoisotopic (exact) mass is 500 g/mol. The second-order valence-electron chi connectivity index (χ2n) is 10.1. The van der Waals surface area contributed by atoms with Gasteiger partial charge in [-0.2, -0.15) is 0 Å². The molecule has 4 rings (SSSR count). The maximum Gasteiger partial charge on any atom is 0.241 e. The fourth-order valence-corrected chi connectivity index (χ4v) is 5.52. The summed E-state index contributed by atoms with van der Waals surface area (Å²) in [7, 11) is 0. The number of hydrogen-bond donors (Lipinski definition) is 2. The first kappa shape index (κ1) is 25.6. The third-order valence-electron chi connectivity index (χ3n) is 7.21. The van der Waals surface area contributed by atoms with Gasteiger partial charge in [-0.15, -0.1) is 0 Å². The highest BCUT2D eigenvalue weighted by molar-refractivity contribution is 6.33. The highest BCUT2D eigenvalue weighted by Crippen LogP contribution is 2.34. The van der Waals surface area contributed by atoms with Crippen molar-refractivity contribution in [3.8, 4) is 0 Å². The van der Waals surface area contributed by atoms with Crippen molar-refractivity contribution in [2.75, 3.05) is 31.1 Å². The van der Waals surface area contributed by atoms with Crippen molar-refractivity contribution in [1.82, 2.24) is 15.5 Å². The van der Waals surface area contributed by atoms with E-state index in [1.807, 2.05) is 25.1 Å². The highest BCUT2D eigenvalue weighted by atomic mass is 35.5. The first-order valence-corrected chi connectivity index (χ1v) is 12.7. The Balaban J connectivity index is 1.43. The van der Waals surface area contributed by atoms with E-state index in [0.717, 1.165) is 17.8 Å². The molecule has 8 heteroatoms. The molecule has 2 amide bonds. The molecule has 188 valence electrons. The van der Waals surface area contributed by atoms with Crippen LogP contribution in [0.1, 0.15) is 45.2 Å². The van der Waals surface area contributed by atoms with E-state index in [1.54, 1.807) is 23.1 Å². The molecule has 0 aliphatic carbocycles. The second-order valence-corrected chi connectivity index (χ2v) is 10.5. The molecule has 2 saturated heterocycles. The molecule has 0 aromatic heterocycles. The lowest BCUT2D eigenvalue weighted by Crippen LogP contribution is -2.67. The smallest absolute Gasteiger partial charge is 0.241 e. The van der Waals surface area contributed by atoms with Crippen LogP contribution in [0.4, 0.5) is 10.1 Å². The fraction of sp³-hybridized carbons (Fsp3) is 0.481. The molecule has 0 spiro atoms. The minimum atomic E-state index is -0.294. The van der Waals surface area contributed by atoms with Gasteiger partial charge in [0, 0.05) is 31.2 Å². The van der Waals surface area contributed by atoms with Gasteiger partial charge < -0.3 is 15.5 Å². The van der Waals surface area contributed by atoms with Crippen LogP contribution in [0.25, 0.3) is 0 Å². The maximum absolute atomic E-state index is 13.3. The summed E-state index contributed by atoms with van der Waals surface area (Å²) in [4.78, 5) is 30.4. The van der Waals surface area contributed by atoms with Crippen molar-refractivity contribution >= 4 is 29.1 Å². The average molecular weight is 501 g/mol. The summed E-state index contributed by atoms with van der Waals surface area (Å²) in [6.07, 6.45) is 1.38. The summed E-state index contributed by atoms with van der Waals surface area (Å²) in [5.41, 5.74) is 1.33. The largest absolute Gasteiger partial charge is 0.349 e. The summed E-state index contributed by atoms with van der Waals surface area (Å²) < 4.78 is 13.3. The molecule has 2 aromatic carbocycles. The summed E-state index contributed by atoms with van der Waals surface area (Å²) in [6.45, 7) is 8.38. The minimum Gasteiger partial charge on any atom is -0.349 e. The molecule has 3 atom stereocenters. The minimum absolute atomic E-state index is 0.00589. The predicted octanol–water partition coefficient (Wildman–Crippen LogP) is 4.15. The van der Waals surface area contributed by atoms with Gasteiger partial charge in [-0.05, 0) is 56.5 Å². The van der Waals surface area contributed by atoms with Crippen LogP contribution in [0.2, 0.25) is 5.02 Å². The lowest BCUT2D eigenvalue weighted by Gasteiger charge is -2.51. The average Bonchev–Trinajstić information content (AvgIpc) is 2.84. The standard InChI is InChI=1S/C27H34ClFN4O2/c1-4-23(18-9-11-20(29)12-10-18)31-26(35)19-13-21(15-30-14-19)33-16-25(34)32(17-27(33,2)3)24-8-6-5-7-22(24)28/h5-12,19,21,23,30H,4,13-17H2,1-3H3,(H,31,35)/t19-,21+,23?/m0/s1. The third-order valence-corrected chi connectivity index (χ3v) is 7.53. The number of para-hydroxylation sites is 1. The lowest BCUT2D eigenvalue weighted by atomic mass is 9.88. The predicted molar refractivity (Wildman–Crippen MR) is 137 cm³/mol. The number of carbonyl (C=O) groups excluding carboxylic acids is 2. The second kappa shape index (κ2) is 10.6. The van der Waals surface area contributed by atoms with Gasteiger partial charge in [0.2, 0.25) is 11.8 Å². The number of amides is 2. The Hall–Kier alpha value is -2.48. The number of carbonyl (C=O) groups is 2. The SMILES string of the molecule is CCC(NC(=O)[C@@H]1CNC[C@H](N2CC(=O)N(c3ccccc3Cl)CC2(C)C)C1)c1ccc(F)cc1. The van der Waals surface area contributed by atoms with Gasteiger partial charge in [0.05, 0.1) is 29.2 Å². The van der Waals surface area contributed by atoms with Crippen LogP contribution >= 0.6 is 11.6 Å². The zero-order valence-corrected chi connectivity index (χ0v) is 21.3. The van der Waals surface area contributed by atoms with E-state index in [9.17, 15) is 14.0 Å². The van der Waals surface area contributed by atoms with Crippen molar-refractivity contribution in [2.24, 2.45) is 5.92 Å². The van der Waals surface area contributed by atoms with Gasteiger partial charge >= 0.3 is 0 Å². The van der Waals surface area contributed by atoms with Crippen molar-refractivity contribution in [2.45, 2.75) is 51.2 Å². The molecule has 2 aliphatic rings.